The maximum absolute atomic E-state index is 11.9. The van der Waals surface area contributed by atoms with Crippen LogP contribution in [-0.4, -0.2) is 47.2 Å². The largest absolute Gasteiger partial charge is 0.463 e. The number of rotatable bonds is 15. The van der Waals surface area contributed by atoms with E-state index in [2.05, 4.69) is 6.92 Å². The van der Waals surface area contributed by atoms with E-state index < -0.39 is 12.0 Å². The standard InChI is InChI=1S/C17H34O5/c1-2-3-4-5-6-7-8-9-10-15(13-16(20)14-19)17(21)22-12-11-18/h15-16,18-20H,2-14H2,1H3. The molecule has 0 rings (SSSR count). The lowest BCUT2D eigenvalue weighted by Crippen LogP contribution is -2.26. The van der Waals surface area contributed by atoms with E-state index in [1.807, 2.05) is 0 Å². The number of hydrogen-bond donors (Lipinski definition) is 3. The predicted molar refractivity (Wildman–Crippen MR) is 86.5 cm³/mol. The number of aliphatic hydroxyl groups is 3. The lowest BCUT2D eigenvalue weighted by Gasteiger charge is -2.18. The highest BCUT2D eigenvalue weighted by atomic mass is 16.5. The molecule has 0 fully saturated rings. The third-order valence-corrected chi connectivity index (χ3v) is 3.84. The maximum atomic E-state index is 11.9. The van der Waals surface area contributed by atoms with Gasteiger partial charge < -0.3 is 20.1 Å². The van der Waals surface area contributed by atoms with Crippen LogP contribution < -0.4 is 0 Å². The van der Waals surface area contributed by atoms with Crippen molar-refractivity contribution in [2.75, 3.05) is 19.8 Å². The Kier molecular flexibility index (Phi) is 14.8. The summed E-state index contributed by atoms with van der Waals surface area (Å²) in [6.07, 6.45) is 9.53. The van der Waals surface area contributed by atoms with Crippen molar-refractivity contribution in [3.8, 4) is 0 Å². The van der Waals surface area contributed by atoms with E-state index in [1.54, 1.807) is 0 Å². The summed E-state index contributed by atoms with van der Waals surface area (Å²) in [7, 11) is 0. The summed E-state index contributed by atoms with van der Waals surface area (Å²) in [5.41, 5.74) is 0. The summed E-state index contributed by atoms with van der Waals surface area (Å²) in [6, 6.07) is 0. The molecular weight excluding hydrogens is 284 g/mol. The van der Waals surface area contributed by atoms with E-state index in [0.29, 0.717) is 6.42 Å². The van der Waals surface area contributed by atoms with Crippen LogP contribution in [0.2, 0.25) is 0 Å². The summed E-state index contributed by atoms with van der Waals surface area (Å²) in [6.45, 7) is 1.65. The zero-order valence-electron chi connectivity index (χ0n) is 14.0. The number of unbranched alkanes of at least 4 members (excludes halogenated alkanes) is 7. The molecule has 3 N–H and O–H groups in total. The summed E-state index contributed by atoms with van der Waals surface area (Å²) in [5, 5.41) is 27.1. The first kappa shape index (κ1) is 21.4. The van der Waals surface area contributed by atoms with E-state index >= 15 is 0 Å². The molecule has 0 aromatic rings. The van der Waals surface area contributed by atoms with Crippen LogP contribution in [-0.2, 0) is 9.53 Å². The van der Waals surface area contributed by atoms with Crippen LogP contribution in [0.1, 0.15) is 71.1 Å². The van der Waals surface area contributed by atoms with Gasteiger partial charge in [0.05, 0.1) is 25.2 Å². The number of carbonyl (C=O) groups is 1. The Labute approximate surface area is 134 Å². The SMILES string of the molecule is CCCCCCCCCCC(CC(O)CO)C(=O)OCCO. The van der Waals surface area contributed by atoms with Gasteiger partial charge in [0.1, 0.15) is 6.61 Å². The normalized spacial score (nSPS) is 13.8. The Morgan fingerprint density at radius 2 is 1.59 bits per heavy atom. The van der Waals surface area contributed by atoms with Crippen molar-refractivity contribution < 1.29 is 24.9 Å². The van der Waals surface area contributed by atoms with Gasteiger partial charge in [-0.3, -0.25) is 4.79 Å². The Morgan fingerprint density at radius 1 is 1.00 bits per heavy atom. The molecule has 5 nitrogen and oxygen atoms in total. The van der Waals surface area contributed by atoms with Gasteiger partial charge in [-0.15, -0.1) is 0 Å². The van der Waals surface area contributed by atoms with Crippen molar-refractivity contribution in [1.82, 2.24) is 0 Å². The van der Waals surface area contributed by atoms with Gasteiger partial charge in [-0.1, -0.05) is 58.3 Å². The molecule has 0 saturated carbocycles. The smallest absolute Gasteiger partial charge is 0.309 e. The maximum Gasteiger partial charge on any atom is 0.309 e. The fraction of sp³-hybridized carbons (Fsp3) is 0.941. The number of aliphatic hydroxyl groups excluding tert-OH is 3. The van der Waals surface area contributed by atoms with Gasteiger partial charge in [-0.05, 0) is 12.8 Å². The first-order valence-electron chi connectivity index (χ1n) is 8.72. The highest BCUT2D eigenvalue weighted by molar-refractivity contribution is 5.72. The highest BCUT2D eigenvalue weighted by Crippen LogP contribution is 2.19. The summed E-state index contributed by atoms with van der Waals surface area (Å²) < 4.78 is 4.94. The molecule has 0 aliphatic rings. The lowest BCUT2D eigenvalue weighted by atomic mass is 9.94. The van der Waals surface area contributed by atoms with Crippen molar-refractivity contribution in [3.63, 3.8) is 0 Å². The van der Waals surface area contributed by atoms with Crippen LogP contribution >= 0.6 is 0 Å². The number of carbonyl (C=O) groups excluding carboxylic acids is 1. The van der Waals surface area contributed by atoms with Crippen molar-refractivity contribution in [3.05, 3.63) is 0 Å². The van der Waals surface area contributed by atoms with E-state index in [1.165, 1.54) is 38.5 Å². The summed E-state index contributed by atoms with van der Waals surface area (Å²) in [4.78, 5) is 11.9. The van der Waals surface area contributed by atoms with Gasteiger partial charge in [0, 0.05) is 0 Å². The van der Waals surface area contributed by atoms with Crippen LogP contribution in [0.5, 0.6) is 0 Å². The lowest BCUT2D eigenvalue weighted by molar-refractivity contribution is -0.151. The van der Waals surface area contributed by atoms with Crippen molar-refractivity contribution in [2.45, 2.75) is 77.2 Å². The molecule has 2 atom stereocenters. The fourth-order valence-electron chi connectivity index (χ4n) is 2.52. The Balaban J connectivity index is 3.89. The zero-order chi connectivity index (χ0) is 16.6. The van der Waals surface area contributed by atoms with Gasteiger partial charge in [-0.25, -0.2) is 0 Å². The molecule has 0 heterocycles. The fourth-order valence-corrected chi connectivity index (χ4v) is 2.52. The van der Waals surface area contributed by atoms with E-state index in [0.717, 1.165) is 12.8 Å². The minimum absolute atomic E-state index is 0.0119. The molecule has 0 radical (unpaired) electrons. The van der Waals surface area contributed by atoms with Gasteiger partial charge in [-0.2, -0.15) is 0 Å². The second-order valence-electron chi connectivity index (χ2n) is 5.92. The molecular formula is C17H34O5. The molecule has 5 heteroatoms. The average molecular weight is 318 g/mol. The van der Waals surface area contributed by atoms with Crippen molar-refractivity contribution >= 4 is 5.97 Å². The van der Waals surface area contributed by atoms with Crippen molar-refractivity contribution in [1.29, 1.82) is 0 Å². The van der Waals surface area contributed by atoms with Gasteiger partial charge in [0.2, 0.25) is 0 Å². The van der Waals surface area contributed by atoms with E-state index in [9.17, 15) is 9.90 Å². The highest BCUT2D eigenvalue weighted by Gasteiger charge is 2.22. The first-order valence-corrected chi connectivity index (χ1v) is 8.72. The molecule has 0 spiro atoms. The Bertz CT molecular complexity index is 257. The second kappa shape index (κ2) is 15.3. The molecule has 0 bridgehead atoms. The summed E-state index contributed by atoms with van der Waals surface area (Å²) >= 11 is 0. The topological polar surface area (TPSA) is 87.0 Å². The second-order valence-corrected chi connectivity index (χ2v) is 5.92. The Hall–Kier alpha value is -0.650. The summed E-state index contributed by atoms with van der Waals surface area (Å²) in [5.74, 6) is -0.779. The third-order valence-electron chi connectivity index (χ3n) is 3.84. The Morgan fingerprint density at radius 3 is 2.14 bits per heavy atom. The molecule has 0 aromatic heterocycles. The number of esters is 1. The first-order chi connectivity index (χ1) is 10.7. The number of ether oxygens (including phenoxy) is 1. The van der Waals surface area contributed by atoms with Crippen LogP contribution in [0, 0.1) is 5.92 Å². The quantitative estimate of drug-likeness (QED) is 0.319. The molecule has 0 amide bonds. The molecule has 0 saturated heterocycles. The van der Waals surface area contributed by atoms with Gasteiger partial charge in [0.25, 0.3) is 0 Å². The minimum atomic E-state index is -0.888. The molecule has 0 aromatic carbocycles. The van der Waals surface area contributed by atoms with Crippen LogP contribution in [0.25, 0.3) is 0 Å². The predicted octanol–water partition coefficient (Wildman–Crippen LogP) is 2.41. The van der Waals surface area contributed by atoms with Gasteiger partial charge in [0.15, 0.2) is 0 Å². The van der Waals surface area contributed by atoms with Crippen LogP contribution in [0.3, 0.4) is 0 Å². The van der Waals surface area contributed by atoms with E-state index in [4.69, 9.17) is 14.9 Å². The minimum Gasteiger partial charge on any atom is -0.463 e. The molecule has 22 heavy (non-hydrogen) atoms. The average Bonchev–Trinajstić information content (AvgIpc) is 2.53. The third kappa shape index (κ3) is 12.0. The monoisotopic (exact) mass is 318 g/mol. The molecule has 2 unspecified atom stereocenters. The van der Waals surface area contributed by atoms with Crippen LogP contribution in [0.4, 0.5) is 0 Å². The molecule has 132 valence electrons. The van der Waals surface area contributed by atoms with Crippen LogP contribution in [0.15, 0.2) is 0 Å². The molecule has 0 aliphatic carbocycles. The zero-order valence-corrected chi connectivity index (χ0v) is 14.0. The number of hydrogen-bond acceptors (Lipinski definition) is 5. The molecule has 0 aliphatic heterocycles. The van der Waals surface area contributed by atoms with E-state index in [-0.39, 0.29) is 32.2 Å². The van der Waals surface area contributed by atoms with Gasteiger partial charge >= 0.3 is 5.97 Å². The van der Waals surface area contributed by atoms with Crippen molar-refractivity contribution in [2.24, 2.45) is 5.92 Å².